The molecule has 3 unspecified atom stereocenters. The first-order chi connectivity index (χ1) is 9.15. The molecule has 0 spiro atoms. The van der Waals surface area contributed by atoms with Crippen molar-refractivity contribution < 1.29 is 4.79 Å². The van der Waals surface area contributed by atoms with Crippen LogP contribution < -0.4 is 11.1 Å². The minimum Gasteiger partial charge on any atom is -0.354 e. The van der Waals surface area contributed by atoms with Crippen molar-refractivity contribution in [2.24, 2.45) is 17.6 Å². The van der Waals surface area contributed by atoms with Gasteiger partial charge in [-0.1, -0.05) is 43.7 Å². The average molecular weight is 297 g/mol. The summed E-state index contributed by atoms with van der Waals surface area (Å²) < 4.78 is 0. The van der Waals surface area contributed by atoms with Crippen LogP contribution >= 0.6 is 12.4 Å². The summed E-state index contributed by atoms with van der Waals surface area (Å²) in [6, 6.07) is 9.78. The summed E-state index contributed by atoms with van der Waals surface area (Å²) in [5.41, 5.74) is 7.13. The normalized spacial score (nSPS) is 22.9. The Morgan fingerprint density at radius 2 is 2.05 bits per heavy atom. The van der Waals surface area contributed by atoms with Gasteiger partial charge in [-0.2, -0.15) is 0 Å². The van der Waals surface area contributed by atoms with Crippen LogP contribution in [0.25, 0.3) is 0 Å². The molecule has 1 aliphatic rings. The lowest BCUT2D eigenvalue weighted by atomic mass is 10.0. The molecule has 3 atom stereocenters. The Labute approximate surface area is 127 Å². The van der Waals surface area contributed by atoms with Crippen LogP contribution in [0.4, 0.5) is 0 Å². The number of nitrogens with two attached hydrogens (primary N) is 1. The lowest BCUT2D eigenvalue weighted by Gasteiger charge is -2.14. The lowest BCUT2D eigenvalue weighted by Crippen LogP contribution is -2.32. The van der Waals surface area contributed by atoms with Gasteiger partial charge in [0.1, 0.15) is 0 Å². The van der Waals surface area contributed by atoms with Crippen LogP contribution in [0.5, 0.6) is 0 Å². The maximum atomic E-state index is 11.9. The molecule has 0 aliphatic heterocycles. The van der Waals surface area contributed by atoms with E-state index in [2.05, 4.69) is 12.2 Å². The SMILES string of the molecule is CC1CCC(CC(=O)NCC(N)c2ccccc2)C1.Cl. The zero-order chi connectivity index (χ0) is 13.7. The molecule has 112 valence electrons. The minimum atomic E-state index is -0.118. The smallest absolute Gasteiger partial charge is 0.220 e. The second-order valence-electron chi connectivity index (χ2n) is 5.81. The molecule has 4 heteroatoms. The van der Waals surface area contributed by atoms with Crippen LogP contribution in [0.2, 0.25) is 0 Å². The van der Waals surface area contributed by atoms with Gasteiger partial charge in [-0.05, 0) is 30.2 Å². The zero-order valence-electron chi connectivity index (χ0n) is 12.0. The highest BCUT2D eigenvalue weighted by molar-refractivity contribution is 5.85. The molecular weight excluding hydrogens is 272 g/mol. The molecule has 0 saturated heterocycles. The van der Waals surface area contributed by atoms with E-state index in [1.807, 2.05) is 30.3 Å². The van der Waals surface area contributed by atoms with Crippen LogP contribution in [0.3, 0.4) is 0 Å². The number of carbonyl (C=O) groups excluding carboxylic acids is 1. The van der Waals surface area contributed by atoms with Crippen molar-refractivity contribution in [3.05, 3.63) is 35.9 Å². The van der Waals surface area contributed by atoms with Gasteiger partial charge in [0.05, 0.1) is 0 Å². The Hall–Kier alpha value is -1.06. The quantitative estimate of drug-likeness (QED) is 0.877. The van der Waals surface area contributed by atoms with Crippen LogP contribution in [0, 0.1) is 11.8 Å². The molecule has 1 aliphatic carbocycles. The van der Waals surface area contributed by atoms with Crippen LogP contribution in [0.15, 0.2) is 30.3 Å². The fraction of sp³-hybridized carbons (Fsp3) is 0.562. The third-order valence-corrected chi connectivity index (χ3v) is 4.02. The topological polar surface area (TPSA) is 55.1 Å². The van der Waals surface area contributed by atoms with Crippen molar-refractivity contribution in [2.75, 3.05) is 6.54 Å². The zero-order valence-corrected chi connectivity index (χ0v) is 12.9. The third kappa shape index (κ3) is 5.14. The fourth-order valence-corrected chi connectivity index (χ4v) is 2.89. The molecule has 1 saturated carbocycles. The third-order valence-electron chi connectivity index (χ3n) is 4.02. The van der Waals surface area contributed by atoms with Gasteiger partial charge in [-0.25, -0.2) is 0 Å². The Kier molecular flexibility index (Phi) is 7.03. The molecule has 1 aromatic rings. The first-order valence-corrected chi connectivity index (χ1v) is 7.22. The summed E-state index contributed by atoms with van der Waals surface area (Å²) in [4.78, 5) is 11.9. The molecule has 3 N–H and O–H groups in total. The van der Waals surface area contributed by atoms with Crippen molar-refractivity contribution in [1.82, 2.24) is 5.32 Å². The van der Waals surface area contributed by atoms with E-state index in [1.54, 1.807) is 0 Å². The highest BCUT2D eigenvalue weighted by Crippen LogP contribution is 2.32. The Morgan fingerprint density at radius 3 is 2.65 bits per heavy atom. The van der Waals surface area contributed by atoms with E-state index in [1.165, 1.54) is 19.3 Å². The maximum Gasteiger partial charge on any atom is 0.220 e. The molecule has 3 nitrogen and oxygen atoms in total. The first-order valence-electron chi connectivity index (χ1n) is 7.22. The summed E-state index contributed by atoms with van der Waals surface area (Å²) in [5, 5.41) is 2.96. The van der Waals surface area contributed by atoms with E-state index in [0.29, 0.717) is 18.9 Å². The van der Waals surface area contributed by atoms with E-state index >= 15 is 0 Å². The van der Waals surface area contributed by atoms with Crippen LogP contribution in [-0.4, -0.2) is 12.5 Å². The maximum absolute atomic E-state index is 11.9. The Bertz CT molecular complexity index is 410. The van der Waals surface area contributed by atoms with E-state index < -0.39 is 0 Å². The van der Waals surface area contributed by atoms with Crippen LogP contribution in [0.1, 0.15) is 44.2 Å². The summed E-state index contributed by atoms with van der Waals surface area (Å²) in [5.74, 6) is 1.50. The molecule has 0 bridgehead atoms. The summed E-state index contributed by atoms with van der Waals surface area (Å²) in [6.07, 6.45) is 4.31. The van der Waals surface area contributed by atoms with Crippen LogP contribution in [-0.2, 0) is 4.79 Å². The molecule has 0 radical (unpaired) electrons. The average Bonchev–Trinajstić information content (AvgIpc) is 2.82. The Morgan fingerprint density at radius 1 is 1.35 bits per heavy atom. The predicted molar refractivity (Wildman–Crippen MR) is 84.8 cm³/mol. The first kappa shape index (κ1) is 17.0. The van der Waals surface area contributed by atoms with E-state index in [9.17, 15) is 4.79 Å². The number of hydrogen-bond donors (Lipinski definition) is 2. The molecule has 1 aromatic carbocycles. The number of rotatable bonds is 5. The van der Waals surface area contributed by atoms with Gasteiger partial charge in [-0.3, -0.25) is 4.79 Å². The van der Waals surface area contributed by atoms with Crippen molar-refractivity contribution in [3.63, 3.8) is 0 Å². The summed E-state index contributed by atoms with van der Waals surface area (Å²) >= 11 is 0. The number of hydrogen-bond acceptors (Lipinski definition) is 2. The molecule has 20 heavy (non-hydrogen) atoms. The molecule has 1 fully saturated rings. The van der Waals surface area contributed by atoms with Gasteiger partial charge in [0, 0.05) is 19.0 Å². The number of benzene rings is 1. The molecule has 1 amide bonds. The fourth-order valence-electron chi connectivity index (χ4n) is 2.89. The van der Waals surface area contributed by atoms with E-state index in [4.69, 9.17) is 5.73 Å². The standard InChI is InChI=1S/C16H24N2O.ClH/c1-12-7-8-13(9-12)10-16(19)18-11-15(17)14-5-3-2-4-6-14;/h2-6,12-13,15H,7-11,17H2,1H3,(H,18,19);1H. The molecular formula is C16H25ClN2O. The number of nitrogens with one attached hydrogen (secondary N) is 1. The van der Waals surface area contributed by atoms with Gasteiger partial charge in [0.15, 0.2) is 0 Å². The van der Waals surface area contributed by atoms with E-state index in [0.717, 1.165) is 11.5 Å². The lowest BCUT2D eigenvalue weighted by molar-refractivity contribution is -0.122. The van der Waals surface area contributed by atoms with Gasteiger partial charge in [-0.15, -0.1) is 12.4 Å². The van der Waals surface area contributed by atoms with Crippen molar-refractivity contribution in [2.45, 2.75) is 38.6 Å². The monoisotopic (exact) mass is 296 g/mol. The molecule has 2 rings (SSSR count). The van der Waals surface area contributed by atoms with E-state index in [-0.39, 0.29) is 24.4 Å². The van der Waals surface area contributed by atoms with Gasteiger partial charge < -0.3 is 11.1 Å². The van der Waals surface area contributed by atoms with Gasteiger partial charge in [0.2, 0.25) is 5.91 Å². The largest absolute Gasteiger partial charge is 0.354 e. The Balaban J connectivity index is 0.00000200. The number of carbonyl (C=O) groups is 1. The number of halogens is 1. The number of amides is 1. The summed E-state index contributed by atoms with van der Waals surface area (Å²) in [7, 11) is 0. The van der Waals surface area contributed by atoms with Crippen molar-refractivity contribution >= 4 is 18.3 Å². The van der Waals surface area contributed by atoms with Crippen molar-refractivity contribution in [1.29, 1.82) is 0 Å². The predicted octanol–water partition coefficient (Wildman–Crippen LogP) is 3.05. The highest BCUT2D eigenvalue weighted by Gasteiger charge is 2.23. The molecule has 0 aromatic heterocycles. The minimum absolute atomic E-state index is 0. The van der Waals surface area contributed by atoms with Gasteiger partial charge in [0.25, 0.3) is 0 Å². The van der Waals surface area contributed by atoms with Crippen molar-refractivity contribution in [3.8, 4) is 0 Å². The summed E-state index contributed by atoms with van der Waals surface area (Å²) in [6.45, 7) is 2.79. The highest BCUT2D eigenvalue weighted by atomic mass is 35.5. The second-order valence-corrected chi connectivity index (χ2v) is 5.81. The molecule has 0 heterocycles. The van der Waals surface area contributed by atoms with Gasteiger partial charge >= 0.3 is 0 Å². The second kappa shape index (κ2) is 8.28.